The number of hydrogen-bond donors (Lipinski definition) is 2. The predicted molar refractivity (Wildman–Crippen MR) is 58.1 cm³/mol. The highest BCUT2D eigenvalue weighted by Gasteiger charge is 2.13. The van der Waals surface area contributed by atoms with E-state index in [2.05, 4.69) is 15.9 Å². The van der Waals surface area contributed by atoms with E-state index in [1.807, 2.05) is 0 Å². The lowest BCUT2D eigenvalue weighted by Gasteiger charge is -1.97. The second-order valence-corrected chi connectivity index (χ2v) is 4.61. The first-order valence-corrected chi connectivity index (χ1v) is 5.35. The maximum atomic E-state index is 10.8. The fourth-order valence-electron chi connectivity index (χ4n) is 1.26. The average Bonchev–Trinajstić information content (AvgIpc) is 2.47. The van der Waals surface area contributed by atoms with Crippen molar-refractivity contribution in [2.75, 3.05) is 0 Å². The molecule has 0 radical (unpaired) electrons. The van der Waals surface area contributed by atoms with Crippen molar-refractivity contribution in [3.05, 3.63) is 28.2 Å². The largest absolute Gasteiger partial charge is 0.499 e. The lowest BCUT2D eigenvalue weighted by molar-refractivity contribution is 0.0699. The highest BCUT2D eigenvalue weighted by molar-refractivity contribution is 9.10. The van der Waals surface area contributed by atoms with Crippen LogP contribution in [-0.2, 0) is 0 Å². The van der Waals surface area contributed by atoms with Gasteiger partial charge in [0.2, 0.25) is 0 Å². The van der Waals surface area contributed by atoms with E-state index in [9.17, 15) is 9.90 Å². The molecule has 3 nitrogen and oxygen atoms in total. The molecule has 2 rings (SSSR count). The molecule has 0 atom stereocenters. The molecule has 0 aliphatic heterocycles. The second kappa shape index (κ2) is 3.25. The summed E-state index contributed by atoms with van der Waals surface area (Å²) in [6.07, 6.45) is 0. The van der Waals surface area contributed by atoms with E-state index in [1.165, 1.54) is 12.1 Å². The molecule has 0 aliphatic rings. The first-order valence-electron chi connectivity index (χ1n) is 3.74. The SMILES string of the molecule is O=C(O)c1ccc(Br)c2sc(O)cc12. The summed E-state index contributed by atoms with van der Waals surface area (Å²) in [7, 11) is 0. The molecule has 2 aromatic rings. The second-order valence-electron chi connectivity index (χ2n) is 2.73. The Bertz CT molecular complexity index is 518. The van der Waals surface area contributed by atoms with Crippen LogP contribution >= 0.6 is 27.3 Å². The van der Waals surface area contributed by atoms with Crippen molar-refractivity contribution < 1.29 is 15.0 Å². The van der Waals surface area contributed by atoms with E-state index in [-0.39, 0.29) is 10.6 Å². The van der Waals surface area contributed by atoms with Gasteiger partial charge in [-0.05, 0) is 28.1 Å². The number of thiophene rings is 1. The highest BCUT2D eigenvalue weighted by atomic mass is 79.9. The minimum absolute atomic E-state index is 0.120. The van der Waals surface area contributed by atoms with Crippen molar-refractivity contribution in [1.29, 1.82) is 0 Å². The zero-order valence-electron chi connectivity index (χ0n) is 6.82. The molecule has 1 aromatic carbocycles. The Labute approximate surface area is 91.7 Å². The summed E-state index contributed by atoms with van der Waals surface area (Å²) >= 11 is 4.46. The molecular weight excluding hydrogens is 268 g/mol. The number of aromatic carboxylic acids is 1. The van der Waals surface area contributed by atoms with Crippen molar-refractivity contribution in [3.8, 4) is 5.06 Å². The minimum Gasteiger partial charge on any atom is -0.499 e. The Hall–Kier alpha value is -1.07. The summed E-state index contributed by atoms with van der Waals surface area (Å²) in [5, 5.41) is 18.9. The smallest absolute Gasteiger partial charge is 0.336 e. The lowest BCUT2D eigenvalue weighted by Crippen LogP contribution is -1.95. The van der Waals surface area contributed by atoms with Gasteiger partial charge in [0.25, 0.3) is 0 Å². The van der Waals surface area contributed by atoms with Crippen molar-refractivity contribution in [3.63, 3.8) is 0 Å². The average molecular weight is 273 g/mol. The van der Waals surface area contributed by atoms with Crippen molar-refractivity contribution in [2.45, 2.75) is 0 Å². The van der Waals surface area contributed by atoms with E-state index in [0.717, 1.165) is 20.5 Å². The third-order valence-electron chi connectivity index (χ3n) is 1.85. The van der Waals surface area contributed by atoms with Crippen LogP contribution in [0.3, 0.4) is 0 Å². The molecule has 0 fully saturated rings. The molecule has 2 N–H and O–H groups in total. The number of benzene rings is 1. The predicted octanol–water partition coefficient (Wildman–Crippen LogP) is 3.07. The summed E-state index contributed by atoms with van der Waals surface area (Å²) in [5.74, 6) is -0.986. The van der Waals surface area contributed by atoms with Crippen LogP contribution in [0.2, 0.25) is 0 Å². The fourth-order valence-corrected chi connectivity index (χ4v) is 2.68. The summed E-state index contributed by atoms with van der Waals surface area (Å²) < 4.78 is 1.55. The number of carboxylic acid groups (broad SMARTS) is 1. The van der Waals surface area contributed by atoms with E-state index < -0.39 is 5.97 Å². The zero-order valence-corrected chi connectivity index (χ0v) is 9.22. The van der Waals surface area contributed by atoms with Gasteiger partial charge in [0.15, 0.2) is 5.06 Å². The van der Waals surface area contributed by atoms with Crippen LogP contribution in [0.25, 0.3) is 10.1 Å². The molecule has 0 unspecified atom stereocenters. The molecule has 0 aliphatic carbocycles. The summed E-state index contributed by atoms with van der Waals surface area (Å²) in [4.78, 5) is 10.8. The van der Waals surface area contributed by atoms with Crippen LogP contribution in [0, 0.1) is 0 Å². The zero-order chi connectivity index (χ0) is 10.3. The molecule has 0 spiro atoms. The Morgan fingerprint density at radius 1 is 1.43 bits per heavy atom. The summed E-state index contributed by atoms with van der Waals surface area (Å²) in [6.45, 7) is 0. The fraction of sp³-hybridized carbons (Fsp3) is 0. The number of aromatic hydroxyl groups is 1. The van der Waals surface area contributed by atoms with Crippen LogP contribution in [0.5, 0.6) is 5.06 Å². The lowest BCUT2D eigenvalue weighted by atomic mass is 10.1. The number of carbonyl (C=O) groups is 1. The standard InChI is InChI=1S/C9H5BrO3S/c10-6-2-1-4(9(12)13)5-3-7(11)14-8(5)6/h1-3,11H,(H,12,13). The first-order chi connectivity index (χ1) is 6.59. The van der Waals surface area contributed by atoms with E-state index in [4.69, 9.17) is 5.11 Å². The molecule has 0 saturated heterocycles. The molecule has 0 saturated carbocycles. The normalized spacial score (nSPS) is 10.6. The molecule has 0 bridgehead atoms. The Morgan fingerprint density at radius 2 is 2.14 bits per heavy atom. The van der Waals surface area contributed by atoms with Crippen molar-refractivity contribution >= 4 is 43.3 Å². The Morgan fingerprint density at radius 3 is 2.79 bits per heavy atom. The van der Waals surface area contributed by atoms with E-state index in [1.54, 1.807) is 6.07 Å². The summed E-state index contributed by atoms with van der Waals surface area (Å²) in [6, 6.07) is 4.65. The monoisotopic (exact) mass is 272 g/mol. The number of rotatable bonds is 1. The first kappa shape index (κ1) is 9.48. The van der Waals surface area contributed by atoms with Gasteiger partial charge in [0, 0.05) is 15.9 Å². The quantitative estimate of drug-likeness (QED) is 0.839. The number of halogens is 1. The minimum atomic E-state index is -0.986. The van der Waals surface area contributed by atoms with Gasteiger partial charge >= 0.3 is 5.97 Å². The Kier molecular flexibility index (Phi) is 2.20. The molecule has 14 heavy (non-hydrogen) atoms. The molecule has 1 heterocycles. The molecule has 72 valence electrons. The van der Waals surface area contributed by atoms with Crippen molar-refractivity contribution in [1.82, 2.24) is 0 Å². The van der Waals surface area contributed by atoms with E-state index >= 15 is 0 Å². The maximum absolute atomic E-state index is 10.8. The third kappa shape index (κ3) is 1.38. The van der Waals surface area contributed by atoms with Gasteiger partial charge in [-0.1, -0.05) is 11.3 Å². The van der Waals surface area contributed by atoms with Gasteiger partial charge in [-0.2, -0.15) is 0 Å². The molecule has 1 aromatic heterocycles. The van der Waals surface area contributed by atoms with Crippen LogP contribution in [0.15, 0.2) is 22.7 Å². The van der Waals surface area contributed by atoms with Gasteiger partial charge < -0.3 is 10.2 Å². The molecule has 0 amide bonds. The van der Waals surface area contributed by atoms with Crippen LogP contribution < -0.4 is 0 Å². The third-order valence-corrected chi connectivity index (χ3v) is 3.75. The van der Waals surface area contributed by atoms with Gasteiger partial charge in [0.05, 0.1) is 10.3 Å². The number of fused-ring (bicyclic) bond motifs is 1. The van der Waals surface area contributed by atoms with Crippen LogP contribution in [0.1, 0.15) is 10.4 Å². The summed E-state index contributed by atoms with van der Waals surface area (Å²) in [5.41, 5.74) is 0.208. The number of carboxylic acids is 1. The van der Waals surface area contributed by atoms with E-state index in [0.29, 0.717) is 5.39 Å². The van der Waals surface area contributed by atoms with Gasteiger partial charge in [0.1, 0.15) is 0 Å². The molecular formula is C9H5BrO3S. The number of hydrogen-bond acceptors (Lipinski definition) is 3. The maximum Gasteiger partial charge on any atom is 0.336 e. The van der Waals surface area contributed by atoms with Crippen molar-refractivity contribution in [2.24, 2.45) is 0 Å². The van der Waals surface area contributed by atoms with Gasteiger partial charge in [-0.3, -0.25) is 0 Å². The molecule has 5 heteroatoms. The van der Waals surface area contributed by atoms with Crippen LogP contribution in [-0.4, -0.2) is 16.2 Å². The van der Waals surface area contributed by atoms with Crippen LogP contribution in [0.4, 0.5) is 0 Å². The van der Waals surface area contributed by atoms with Gasteiger partial charge in [-0.25, -0.2) is 4.79 Å². The highest BCUT2D eigenvalue weighted by Crippen LogP contribution is 2.37. The Balaban J connectivity index is 2.87. The van der Waals surface area contributed by atoms with Gasteiger partial charge in [-0.15, -0.1) is 0 Å². The topological polar surface area (TPSA) is 57.5 Å².